The molecule has 0 spiro atoms. The molecule has 0 radical (unpaired) electrons. The summed E-state index contributed by atoms with van der Waals surface area (Å²) in [6.07, 6.45) is 3.47. The van der Waals surface area contributed by atoms with Gasteiger partial charge in [-0.15, -0.1) is 5.10 Å². The summed E-state index contributed by atoms with van der Waals surface area (Å²) < 4.78 is 1.63. The van der Waals surface area contributed by atoms with Crippen molar-refractivity contribution < 1.29 is 4.79 Å². The summed E-state index contributed by atoms with van der Waals surface area (Å²) in [5, 5.41) is 11.1. The van der Waals surface area contributed by atoms with E-state index in [9.17, 15) is 4.79 Å². The van der Waals surface area contributed by atoms with Crippen LogP contribution < -0.4 is 5.32 Å². The molecule has 0 saturated carbocycles. The van der Waals surface area contributed by atoms with Crippen LogP contribution in [-0.2, 0) is 6.42 Å². The molecular weight excluding hydrogens is 324 g/mol. The minimum atomic E-state index is -0.194. The van der Waals surface area contributed by atoms with Crippen molar-refractivity contribution in [3.63, 3.8) is 0 Å². The quantitative estimate of drug-likeness (QED) is 0.740. The number of aromatic nitrogens is 3. The van der Waals surface area contributed by atoms with Crippen LogP contribution in [0.3, 0.4) is 0 Å². The number of nitrogens with one attached hydrogen (secondary N) is 1. The van der Waals surface area contributed by atoms with Crippen LogP contribution in [0.25, 0.3) is 5.69 Å². The van der Waals surface area contributed by atoms with Crippen LogP contribution in [0.5, 0.6) is 0 Å². The maximum Gasteiger partial charge on any atom is 0.273 e. The van der Waals surface area contributed by atoms with Gasteiger partial charge in [-0.05, 0) is 62.4 Å². The number of benzene rings is 2. The Morgan fingerprint density at radius 3 is 2.62 bits per heavy atom. The van der Waals surface area contributed by atoms with E-state index in [1.807, 2.05) is 43.3 Å². The highest BCUT2D eigenvalue weighted by atomic mass is 16.2. The third-order valence-electron chi connectivity index (χ3n) is 4.57. The van der Waals surface area contributed by atoms with Crippen LogP contribution in [-0.4, -0.2) is 26.9 Å². The van der Waals surface area contributed by atoms with E-state index in [0.29, 0.717) is 5.69 Å². The number of carbonyl (C=O) groups is 1. The van der Waals surface area contributed by atoms with Crippen molar-refractivity contribution in [2.45, 2.75) is 39.7 Å². The molecule has 0 aliphatic rings. The summed E-state index contributed by atoms with van der Waals surface area (Å²) in [5.41, 5.74) is 4.90. The summed E-state index contributed by atoms with van der Waals surface area (Å²) in [4.78, 5) is 12.4. The molecule has 3 aromatic rings. The molecule has 1 N–H and O–H groups in total. The van der Waals surface area contributed by atoms with Crippen LogP contribution in [0.2, 0.25) is 0 Å². The maximum atomic E-state index is 12.4. The van der Waals surface area contributed by atoms with Crippen molar-refractivity contribution in [3.8, 4) is 5.69 Å². The molecule has 1 unspecified atom stereocenters. The van der Waals surface area contributed by atoms with Crippen LogP contribution in [0.1, 0.15) is 40.5 Å². The summed E-state index contributed by atoms with van der Waals surface area (Å²) in [6, 6.07) is 16.4. The van der Waals surface area contributed by atoms with Crippen LogP contribution >= 0.6 is 0 Å². The molecule has 1 atom stereocenters. The first-order valence-electron chi connectivity index (χ1n) is 8.87. The van der Waals surface area contributed by atoms with Gasteiger partial charge in [0, 0.05) is 6.04 Å². The van der Waals surface area contributed by atoms with Gasteiger partial charge in [-0.1, -0.05) is 41.6 Å². The number of amides is 1. The van der Waals surface area contributed by atoms with Gasteiger partial charge in [0.05, 0.1) is 11.9 Å². The van der Waals surface area contributed by atoms with Gasteiger partial charge in [0.1, 0.15) is 0 Å². The third kappa shape index (κ3) is 4.36. The monoisotopic (exact) mass is 348 g/mol. The Hall–Kier alpha value is -2.95. The predicted octanol–water partition coefficient (Wildman–Crippen LogP) is 3.64. The van der Waals surface area contributed by atoms with Gasteiger partial charge in [0.15, 0.2) is 5.69 Å². The van der Waals surface area contributed by atoms with Gasteiger partial charge in [-0.2, -0.15) is 0 Å². The zero-order valence-electron chi connectivity index (χ0n) is 15.4. The first-order chi connectivity index (χ1) is 12.5. The standard InChI is InChI=1S/C21H24N4O/c1-15-9-12-19(13-16(15)2)25-14-20(23-24-25)21(26)22-17(3)10-11-18-7-5-4-6-8-18/h4-9,12-14,17H,10-11H2,1-3H3,(H,22,26). The summed E-state index contributed by atoms with van der Waals surface area (Å²) in [6.45, 7) is 6.13. The molecule has 26 heavy (non-hydrogen) atoms. The second-order valence-electron chi connectivity index (χ2n) is 6.72. The zero-order valence-corrected chi connectivity index (χ0v) is 15.4. The van der Waals surface area contributed by atoms with E-state index >= 15 is 0 Å². The highest BCUT2D eigenvalue weighted by Crippen LogP contribution is 2.13. The Bertz CT molecular complexity index is 886. The van der Waals surface area contributed by atoms with Gasteiger partial charge in [0.2, 0.25) is 0 Å². The second-order valence-corrected chi connectivity index (χ2v) is 6.72. The molecule has 5 nitrogen and oxygen atoms in total. The summed E-state index contributed by atoms with van der Waals surface area (Å²) in [7, 11) is 0. The number of hydrogen-bond acceptors (Lipinski definition) is 3. The lowest BCUT2D eigenvalue weighted by molar-refractivity contribution is 0.0933. The minimum absolute atomic E-state index is 0.0643. The van der Waals surface area contributed by atoms with E-state index in [4.69, 9.17) is 0 Å². The fraction of sp³-hybridized carbons (Fsp3) is 0.286. The number of rotatable bonds is 6. The van der Waals surface area contributed by atoms with Gasteiger partial charge in [-0.25, -0.2) is 4.68 Å². The number of carbonyl (C=O) groups excluding carboxylic acids is 1. The molecule has 3 rings (SSSR count). The van der Waals surface area contributed by atoms with Crippen LogP contribution in [0.4, 0.5) is 0 Å². The smallest absolute Gasteiger partial charge is 0.273 e. The molecule has 0 bridgehead atoms. The van der Waals surface area contributed by atoms with Crippen molar-refractivity contribution in [2.75, 3.05) is 0 Å². The Labute approximate surface area is 154 Å². The van der Waals surface area contributed by atoms with Crippen LogP contribution in [0, 0.1) is 13.8 Å². The molecule has 1 amide bonds. The molecule has 0 saturated heterocycles. The number of hydrogen-bond donors (Lipinski definition) is 1. The molecule has 1 aromatic heterocycles. The maximum absolute atomic E-state index is 12.4. The Balaban J connectivity index is 1.59. The molecule has 0 aliphatic carbocycles. The lowest BCUT2D eigenvalue weighted by Gasteiger charge is -2.12. The molecule has 0 fully saturated rings. The van der Waals surface area contributed by atoms with Gasteiger partial charge in [-0.3, -0.25) is 4.79 Å². The van der Waals surface area contributed by atoms with Crippen molar-refractivity contribution in [3.05, 3.63) is 77.1 Å². The van der Waals surface area contributed by atoms with Gasteiger partial charge >= 0.3 is 0 Å². The first kappa shape index (κ1) is 17.9. The van der Waals surface area contributed by atoms with E-state index in [1.54, 1.807) is 10.9 Å². The number of nitrogens with zero attached hydrogens (tertiary/aromatic N) is 3. The van der Waals surface area contributed by atoms with Crippen molar-refractivity contribution in [1.29, 1.82) is 0 Å². The third-order valence-corrected chi connectivity index (χ3v) is 4.57. The average molecular weight is 348 g/mol. The Morgan fingerprint density at radius 2 is 1.88 bits per heavy atom. The molecule has 0 aliphatic heterocycles. The lowest BCUT2D eigenvalue weighted by Crippen LogP contribution is -2.33. The van der Waals surface area contributed by atoms with E-state index in [0.717, 1.165) is 18.5 Å². The van der Waals surface area contributed by atoms with E-state index in [-0.39, 0.29) is 11.9 Å². The van der Waals surface area contributed by atoms with Crippen molar-refractivity contribution in [2.24, 2.45) is 0 Å². The average Bonchev–Trinajstić information content (AvgIpc) is 3.13. The summed E-state index contributed by atoms with van der Waals surface area (Å²) >= 11 is 0. The fourth-order valence-corrected chi connectivity index (χ4v) is 2.76. The highest BCUT2D eigenvalue weighted by Gasteiger charge is 2.14. The molecule has 134 valence electrons. The summed E-state index contributed by atoms with van der Waals surface area (Å²) in [5.74, 6) is -0.194. The van der Waals surface area contributed by atoms with Crippen LogP contribution in [0.15, 0.2) is 54.7 Å². The molecular formula is C21H24N4O. The molecule has 2 aromatic carbocycles. The van der Waals surface area contributed by atoms with E-state index in [1.165, 1.54) is 16.7 Å². The minimum Gasteiger partial charge on any atom is -0.348 e. The van der Waals surface area contributed by atoms with Crippen molar-refractivity contribution >= 4 is 5.91 Å². The lowest BCUT2D eigenvalue weighted by atomic mass is 10.1. The largest absolute Gasteiger partial charge is 0.348 e. The van der Waals surface area contributed by atoms with E-state index in [2.05, 4.69) is 41.6 Å². The Morgan fingerprint density at radius 1 is 1.12 bits per heavy atom. The van der Waals surface area contributed by atoms with Gasteiger partial charge < -0.3 is 5.32 Å². The Kier molecular flexibility index (Phi) is 5.46. The topological polar surface area (TPSA) is 59.8 Å². The zero-order chi connectivity index (χ0) is 18.5. The number of aryl methyl sites for hydroxylation is 3. The SMILES string of the molecule is Cc1ccc(-n2cc(C(=O)NC(C)CCc3ccccc3)nn2)cc1C. The highest BCUT2D eigenvalue weighted by molar-refractivity contribution is 5.92. The fourth-order valence-electron chi connectivity index (χ4n) is 2.76. The molecule has 5 heteroatoms. The van der Waals surface area contributed by atoms with Gasteiger partial charge in [0.25, 0.3) is 5.91 Å². The first-order valence-corrected chi connectivity index (χ1v) is 8.87. The van der Waals surface area contributed by atoms with Crippen molar-refractivity contribution in [1.82, 2.24) is 20.3 Å². The normalized spacial score (nSPS) is 12.0. The predicted molar refractivity (Wildman–Crippen MR) is 103 cm³/mol. The second kappa shape index (κ2) is 7.95. The van der Waals surface area contributed by atoms with E-state index < -0.39 is 0 Å². The molecule has 1 heterocycles.